The first kappa shape index (κ1) is 10.9. The van der Waals surface area contributed by atoms with Crippen molar-refractivity contribution >= 4 is 0 Å². The molecule has 0 bridgehead atoms. The number of pyridine rings is 1. The summed E-state index contributed by atoms with van der Waals surface area (Å²) in [6.07, 6.45) is 2.93. The second-order valence-corrected chi connectivity index (χ2v) is 3.74. The lowest BCUT2D eigenvalue weighted by molar-refractivity contribution is 0.167. The van der Waals surface area contributed by atoms with E-state index < -0.39 is 6.10 Å². The van der Waals surface area contributed by atoms with E-state index >= 15 is 0 Å². The van der Waals surface area contributed by atoms with E-state index in [4.69, 9.17) is 0 Å². The van der Waals surface area contributed by atoms with Crippen molar-refractivity contribution in [1.82, 2.24) is 4.98 Å². The molecular weight excluding hydrogens is 174 g/mol. The van der Waals surface area contributed by atoms with Gasteiger partial charge in [-0.2, -0.15) is 0 Å². The van der Waals surface area contributed by atoms with Crippen LogP contribution in [0.2, 0.25) is 0 Å². The van der Waals surface area contributed by atoms with Crippen LogP contribution in [0.1, 0.15) is 37.1 Å². The van der Waals surface area contributed by atoms with Gasteiger partial charge in [0.2, 0.25) is 0 Å². The van der Waals surface area contributed by atoms with Crippen LogP contribution in [0, 0.1) is 6.92 Å². The van der Waals surface area contributed by atoms with Crippen LogP contribution < -0.4 is 0 Å². The molecule has 1 unspecified atom stereocenters. The van der Waals surface area contributed by atoms with Crippen molar-refractivity contribution in [2.24, 2.45) is 0 Å². The Hall–Kier alpha value is -1.15. The van der Waals surface area contributed by atoms with Crippen molar-refractivity contribution in [3.63, 3.8) is 0 Å². The largest absolute Gasteiger partial charge is 0.388 e. The van der Waals surface area contributed by atoms with E-state index in [2.05, 4.69) is 11.6 Å². The fourth-order valence-electron chi connectivity index (χ4n) is 1.32. The van der Waals surface area contributed by atoms with Gasteiger partial charge in [0, 0.05) is 11.9 Å². The fraction of sp³-hybridized carbons (Fsp3) is 0.417. The molecule has 0 spiro atoms. The lowest BCUT2D eigenvalue weighted by Crippen LogP contribution is -1.98. The Morgan fingerprint density at radius 1 is 1.64 bits per heavy atom. The molecule has 0 saturated carbocycles. The van der Waals surface area contributed by atoms with E-state index in [1.54, 1.807) is 6.20 Å². The van der Waals surface area contributed by atoms with E-state index in [0.29, 0.717) is 0 Å². The van der Waals surface area contributed by atoms with E-state index in [0.717, 1.165) is 29.7 Å². The maximum atomic E-state index is 9.82. The van der Waals surface area contributed by atoms with Crippen molar-refractivity contribution in [3.05, 3.63) is 41.7 Å². The highest BCUT2D eigenvalue weighted by atomic mass is 16.3. The standard InChI is InChI=1S/C12H17NO/c1-9(2)4-5-12(14)11-6-7-13-10(3)8-11/h6-8,12,14H,1,4-5H2,2-3H3. The highest BCUT2D eigenvalue weighted by molar-refractivity contribution is 5.18. The van der Waals surface area contributed by atoms with Gasteiger partial charge >= 0.3 is 0 Å². The summed E-state index contributed by atoms with van der Waals surface area (Å²) < 4.78 is 0. The van der Waals surface area contributed by atoms with Gasteiger partial charge in [-0.1, -0.05) is 5.57 Å². The summed E-state index contributed by atoms with van der Waals surface area (Å²) in [6, 6.07) is 3.78. The van der Waals surface area contributed by atoms with Gasteiger partial charge in [-0.3, -0.25) is 4.98 Å². The molecule has 0 aliphatic heterocycles. The normalized spacial score (nSPS) is 12.5. The molecule has 0 radical (unpaired) electrons. The van der Waals surface area contributed by atoms with E-state index in [1.807, 2.05) is 26.0 Å². The lowest BCUT2D eigenvalue weighted by Gasteiger charge is -2.10. The van der Waals surface area contributed by atoms with Crippen LogP contribution in [-0.4, -0.2) is 10.1 Å². The number of aromatic nitrogens is 1. The number of aliphatic hydroxyl groups excluding tert-OH is 1. The molecule has 0 aliphatic rings. The Bertz CT molecular complexity index is 320. The molecular formula is C12H17NO. The molecule has 1 heterocycles. The van der Waals surface area contributed by atoms with Crippen LogP contribution in [0.15, 0.2) is 30.5 Å². The Morgan fingerprint density at radius 3 is 2.93 bits per heavy atom. The van der Waals surface area contributed by atoms with Crippen molar-refractivity contribution in [2.75, 3.05) is 0 Å². The maximum absolute atomic E-state index is 9.82. The number of aliphatic hydroxyl groups is 1. The molecule has 0 fully saturated rings. The average Bonchev–Trinajstić information content (AvgIpc) is 2.14. The first-order chi connectivity index (χ1) is 6.59. The molecule has 0 saturated heterocycles. The van der Waals surface area contributed by atoms with Crippen molar-refractivity contribution in [2.45, 2.75) is 32.8 Å². The molecule has 1 aromatic heterocycles. The Morgan fingerprint density at radius 2 is 2.36 bits per heavy atom. The SMILES string of the molecule is C=C(C)CCC(O)c1ccnc(C)c1. The van der Waals surface area contributed by atoms with Crippen molar-refractivity contribution < 1.29 is 5.11 Å². The van der Waals surface area contributed by atoms with Gasteiger partial charge in [0.05, 0.1) is 6.10 Å². The van der Waals surface area contributed by atoms with Crippen molar-refractivity contribution in [1.29, 1.82) is 0 Å². The van der Waals surface area contributed by atoms with Crippen LogP contribution in [0.25, 0.3) is 0 Å². The first-order valence-corrected chi connectivity index (χ1v) is 4.84. The predicted octanol–water partition coefficient (Wildman–Crippen LogP) is 2.78. The van der Waals surface area contributed by atoms with Gasteiger partial charge in [0.1, 0.15) is 0 Å². The summed E-state index contributed by atoms with van der Waals surface area (Å²) in [5.74, 6) is 0. The first-order valence-electron chi connectivity index (χ1n) is 4.84. The third-order valence-electron chi connectivity index (χ3n) is 2.15. The van der Waals surface area contributed by atoms with E-state index in [9.17, 15) is 5.11 Å². The van der Waals surface area contributed by atoms with Crippen LogP contribution in [0.3, 0.4) is 0 Å². The smallest absolute Gasteiger partial charge is 0.0794 e. The molecule has 76 valence electrons. The predicted molar refractivity (Wildman–Crippen MR) is 58.0 cm³/mol. The molecule has 2 heteroatoms. The zero-order chi connectivity index (χ0) is 10.6. The lowest BCUT2D eigenvalue weighted by atomic mass is 10.0. The zero-order valence-electron chi connectivity index (χ0n) is 8.83. The van der Waals surface area contributed by atoms with E-state index in [1.165, 1.54) is 0 Å². The molecule has 1 aromatic rings. The number of allylic oxidation sites excluding steroid dienone is 1. The molecule has 1 rings (SSSR count). The number of hydrogen-bond acceptors (Lipinski definition) is 2. The van der Waals surface area contributed by atoms with Gasteiger partial charge in [0.15, 0.2) is 0 Å². The molecule has 2 nitrogen and oxygen atoms in total. The molecule has 1 N–H and O–H groups in total. The Labute approximate surface area is 85.3 Å². The minimum Gasteiger partial charge on any atom is -0.388 e. The topological polar surface area (TPSA) is 33.1 Å². The van der Waals surface area contributed by atoms with E-state index in [-0.39, 0.29) is 0 Å². The molecule has 0 aromatic carbocycles. The summed E-state index contributed by atoms with van der Waals surface area (Å²) >= 11 is 0. The molecule has 1 atom stereocenters. The average molecular weight is 191 g/mol. The Kier molecular flexibility index (Phi) is 3.84. The van der Waals surface area contributed by atoms with Crippen LogP contribution >= 0.6 is 0 Å². The van der Waals surface area contributed by atoms with Crippen LogP contribution in [0.5, 0.6) is 0 Å². The second kappa shape index (κ2) is 4.91. The van der Waals surface area contributed by atoms with Crippen LogP contribution in [-0.2, 0) is 0 Å². The maximum Gasteiger partial charge on any atom is 0.0794 e. The zero-order valence-corrected chi connectivity index (χ0v) is 8.83. The summed E-state index contributed by atoms with van der Waals surface area (Å²) in [6.45, 7) is 7.72. The van der Waals surface area contributed by atoms with Crippen molar-refractivity contribution in [3.8, 4) is 0 Å². The molecule has 0 aliphatic carbocycles. The number of nitrogens with zero attached hydrogens (tertiary/aromatic N) is 1. The monoisotopic (exact) mass is 191 g/mol. The van der Waals surface area contributed by atoms with Gasteiger partial charge < -0.3 is 5.11 Å². The number of aryl methyl sites for hydroxylation is 1. The second-order valence-electron chi connectivity index (χ2n) is 3.74. The minimum atomic E-state index is -0.395. The summed E-state index contributed by atoms with van der Waals surface area (Å²) in [7, 11) is 0. The quantitative estimate of drug-likeness (QED) is 0.742. The summed E-state index contributed by atoms with van der Waals surface area (Å²) in [5.41, 5.74) is 2.99. The highest BCUT2D eigenvalue weighted by Crippen LogP contribution is 2.19. The fourth-order valence-corrected chi connectivity index (χ4v) is 1.32. The van der Waals surface area contributed by atoms with Gasteiger partial charge in [0.25, 0.3) is 0 Å². The third kappa shape index (κ3) is 3.30. The Balaban J connectivity index is 2.60. The number of hydrogen-bond donors (Lipinski definition) is 1. The number of rotatable bonds is 4. The minimum absolute atomic E-state index is 0.395. The van der Waals surface area contributed by atoms with Gasteiger partial charge in [-0.05, 0) is 44.4 Å². The molecule has 0 amide bonds. The highest BCUT2D eigenvalue weighted by Gasteiger charge is 2.07. The summed E-state index contributed by atoms with van der Waals surface area (Å²) in [4.78, 5) is 4.09. The molecule has 14 heavy (non-hydrogen) atoms. The summed E-state index contributed by atoms with van der Waals surface area (Å²) in [5, 5.41) is 9.82. The third-order valence-corrected chi connectivity index (χ3v) is 2.15. The van der Waals surface area contributed by atoms with Gasteiger partial charge in [-0.25, -0.2) is 0 Å². The van der Waals surface area contributed by atoms with Gasteiger partial charge in [-0.15, -0.1) is 6.58 Å². The van der Waals surface area contributed by atoms with Crippen LogP contribution in [0.4, 0.5) is 0 Å².